The second-order valence-corrected chi connectivity index (χ2v) is 2.42. The van der Waals surface area contributed by atoms with Gasteiger partial charge in [0.1, 0.15) is 0 Å². The molecule has 0 bridgehead atoms. The van der Waals surface area contributed by atoms with Gasteiger partial charge in [-0.05, 0) is 12.1 Å². The van der Waals surface area contributed by atoms with Crippen molar-refractivity contribution in [1.29, 1.82) is 0 Å². The Morgan fingerprint density at radius 2 is 2.09 bits per heavy atom. The summed E-state index contributed by atoms with van der Waals surface area (Å²) in [5.74, 6) is 0. The van der Waals surface area contributed by atoms with Crippen molar-refractivity contribution in [3.63, 3.8) is 0 Å². The van der Waals surface area contributed by atoms with Gasteiger partial charge in [0.25, 0.3) is 0 Å². The van der Waals surface area contributed by atoms with Gasteiger partial charge in [0.05, 0.1) is 0 Å². The maximum absolute atomic E-state index is 5.41. The Bertz CT molecular complexity index is 198. The van der Waals surface area contributed by atoms with Crippen LogP contribution in [0.1, 0.15) is 0 Å². The Labute approximate surface area is 66.8 Å². The third-order valence-electron chi connectivity index (χ3n) is 1.57. The van der Waals surface area contributed by atoms with Crippen molar-refractivity contribution in [1.82, 2.24) is 4.98 Å². The smallest absolute Gasteiger partial charge is 0.0394 e. The molecule has 3 heteroatoms. The van der Waals surface area contributed by atoms with Crippen molar-refractivity contribution in [2.75, 3.05) is 25.0 Å². The highest BCUT2D eigenvalue weighted by Crippen LogP contribution is 2.07. The monoisotopic (exact) mass is 151 g/mol. The number of anilines is 1. The van der Waals surface area contributed by atoms with E-state index in [4.69, 9.17) is 5.73 Å². The second-order valence-electron chi connectivity index (χ2n) is 2.42. The van der Waals surface area contributed by atoms with Crippen LogP contribution in [0.25, 0.3) is 0 Å². The molecule has 0 saturated heterocycles. The topological polar surface area (TPSA) is 42.1 Å². The molecule has 3 nitrogen and oxygen atoms in total. The Hall–Kier alpha value is -1.09. The molecule has 0 aromatic carbocycles. The van der Waals surface area contributed by atoms with Crippen molar-refractivity contribution in [2.24, 2.45) is 5.73 Å². The van der Waals surface area contributed by atoms with Crippen molar-refractivity contribution < 1.29 is 0 Å². The number of aromatic nitrogens is 1. The molecule has 0 unspecified atom stereocenters. The normalized spacial score (nSPS) is 9.64. The highest BCUT2D eigenvalue weighted by molar-refractivity contribution is 5.43. The lowest BCUT2D eigenvalue weighted by atomic mass is 10.3. The standard InChI is InChI=1S/C8H13N3/c1-11(7-4-9)8-2-5-10-6-3-8/h2-3,5-6H,4,7,9H2,1H3. The Kier molecular flexibility index (Phi) is 2.86. The van der Waals surface area contributed by atoms with Crippen molar-refractivity contribution in [3.8, 4) is 0 Å². The summed E-state index contributed by atoms with van der Waals surface area (Å²) in [6.07, 6.45) is 3.56. The van der Waals surface area contributed by atoms with Gasteiger partial charge in [-0.1, -0.05) is 0 Å². The van der Waals surface area contributed by atoms with Crippen molar-refractivity contribution in [2.45, 2.75) is 0 Å². The van der Waals surface area contributed by atoms with E-state index < -0.39 is 0 Å². The lowest BCUT2D eigenvalue weighted by Crippen LogP contribution is -2.24. The fourth-order valence-electron chi connectivity index (χ4n) is 0.921. The molecule has 0 amide bonds. The van der Waals surface area contributed by atoms with Gasteiger partial charge >= 0.3 is 0 Å². The van der Waals surface area contributed by atoms with Crippen LogP contribution in [0.5, 0.6) is 0 Å². The molecule has 0 aliphatic heterocycles. The highest BCUT2D eigenvalue weighted by Gasteiger charge is 1.95. The van der Waals surface area contributed by atoms with E-state index in [0.29, 0.717) is 6.54 Å². The Morgan fingerprint density at radius 3 is 2.64 bits per heavy atom. The predicted molar refractivity (Wildman–Crippen MR) is 46.6 cm³/mol. The van der Waals surface area contributed by atoms with E-state index in [9.17, 15) is 0 Å². The maximum Gasteiger partial charge on any atom is 0.0394 e. The summed E-state index contributed by atoms with van der Waals surface area (Å²) in [5.41, 5.74) is 6.57. The van der Waals surface area contributed by atoms with Crippen LogP contribution in [0.3, 0.4) is 0 Å². The fourth-order valence-corrected chi connectivity index (χ4v) is 0.921. The first-order valence-corrected chi connectivity index (χ1v) is 3.66. The molecule has 0 spiro atoms. The number of pyridine rings is 1. The summed E-state index contributed by atoms with van der Waals surface area (Å²) in [6, 6.07) is 3.94. The van der Waals surface area contributed by atoms with Crippen LogP contribution in [-0.4, -0.2) is 25.1 Å². The van der Waals surface area contributed by atoms with Gasteiger partial charge in [-0.2, -0.15) is 0 Å². The molecule has 60 valence electrons. The van der Waals surface area contributed by atoms with Gasteiger partial charge in [-0.15, -0.1) is 0 Å². The average Bonchev–Trinajstić information content (AvgIpc) is 2.07. The van der Waals surface area contributed by atoms with E-state index in [1.165, 1.54) is 0 Å². The fraction of sp³-hybridized carbons (Fsp3) is 0.375. The molecule has 1 aromatic heterocycles. The van der Waals surface area contributed by atoms with Crippen LogP contribution in [0.4, 0.5) is 5.69 Å². The van der Waals surface area contributed by atoms with Crippen LogP contribution >= 0.6 is 0 Å². The zero-order valence-corrected chi connectivity index (χ0v) is 6.70. The molecule has 11 heavy (non-hydrogen) atoms. The zero-order chi connectivity index (χ0) is 8.10. The summed E-state index contributed by atoms with van der Waals surface area (Å²) >= 11 is 0. The highest BCUT2D eigenvalue weighted by atomic mass is 15.1. The molecule has 2 N–H and O–H groups in total. The first-order valence-electron chi connectivity index (χ1n) is 3.66. The predicted octanol–water partition coefficient (Wildman–Crippen LogP) is 0.476. The molecule has 0 aliphatic carbocycles. The summed E-state index contributed by atoms with van der Waals surface area (Å²) in [4.78, 5) is 6.03. The molecule has 0 fully saturated rings. The van der Waals surface area contributed by atoms with E-state index in [1.807, 2.05) is 19.2 Å². The molecule has 0 atom stereocenters. The molecule has 0 aliphatic rings. The number of hydrogen-bond acceptors (Lipinski definition) is 3. The number of nitrogens with two attached hydrogens (primary N) is 1. The number of rotatable bonds is 3. The third kappa shape index (κ3) is 2.20. The van der Waals surface area contributed by atoms with E-state index in [-0.39, 0.29) is 0 Å². The van der Waals surface area contributed by atoms with Gasteiger partial charge < -0.3 is 10.6 Å². The van der Waals surface area contributed by atoms with Crippen LogP contribution in [0, 0.1) is 0 Å². The summed E-state index contributed by atoms with van der Waals surface area (Å²) in [6.45, 7) is 1.56. The molecule has 1 rings (SSSR count). The van der Waals surface area contributed by atoms with Gasteiger partial charge in [0.2, 0.25) is 0 Å². The number of likely N-dealkylation sites (N-methyl/N-ethyl adjacent to an activating group) is 1. The number of nitrogens with zero attached hydrogens (tertiary/aromatic N) is 2. The third-order valence-corrected chi connectivity index (χ3v) is 1.57. The van der Waals surface area contributed by atoms with Crippen LogP contribution in [-0.2, 0) is 0 Å². The Morgan fingerprint density at radius 1 is 1.45 bits per heavy atom. The van der Waals surface area contributed by atoms with E-state index >= 15 is 0 Å². The second kappa shape index (κ2) is 3.93. The zero-order valence-electron chi connectivity index (χ0n) is 6.70. The summed E-state index contributed by atoms with van der Waals surface area (Å²) in [7, 11) is 2.02. The van der Waals surface area contributed by atoms with Crippen molar-refractivity contribution in [3.05, 3.63) is 24.5 Å². The molecule has 0 radical (unpaired) electrons. The van der Waals surface area contributed by atoms with E-state index in [0.717, 1.165) is 12.2 Å². The molecule has 0 saturated carbocycles. The summed E-state index contributed by atoms with van der Waals surface area (Å²) < 4.78 is 0. The number of hydrogen-bond donors (Lipinski definition) is 1. The van der Waals surface area contributed by atoms with Gasteiger partial charge in [0.15, 0.2) is 0 Å². The minimum absolute atomic E-state index is 0.679. The minimum Gasteiger partial charge on any atom is -0.373 e. The maximum atomic E-state index is 5.41. The largest absolute Gasteiger partial charge is 0.373 e. The first-order chi connectivity index (χ1) is 5.34. The molecule has 1 heterocycles. The van der Waals surface area contributed by atoms with Gasteiger partial charge in [-0.25, -0.2) is 0 Å². The van der Waals surface area contributed by atoms with Crippen molar-refractivity contribution >= 4 is 5.69 Å². The lowest BCUT2D eigenvalue weighted by molar-refractivity contribution is 0.884. The average molecular weight is 151 g/mol. The van der Waals surface area contributed by atoms with Crippen LogP contribution in [0.2, 0.25) is 0 Å². The minimum atomic E-state index is 0.679. The molecule has 1 aromatic rings. The molecular weight excluding hydrogens is 138 g/mol. The lowest BCUT2D eigenvalue weighted by Gasteiger charge is -2.17. The van der Waals surface area contributed by atoms with Gasteiger partial charge in [0, 0.05) is 38.2 Å². The van der Waals surface area contributed by atoms with Crippen LogP contribution in [0.15, 0.2) is 24.5 Å². The van der Waals surface area contributed by atoms with E-state index in [1.54, 1.807) is 12.4 Å². The first kappa shape index (κ1) is 8.01. The quantitative estimate of drug-likeness (QED) is 0.683. The van der Waals surface area contributed by atoms with Crippen LogP contribution < -0.4 is 10.6 Å². The Balaban J connectivity index is 2.61. The SMILES string of the molecule is CN(CCN)c1ccncc1. The van der Waals surface area contributed by atoms with E-state index in [2.05, 4.69) is 9.88 Å². The van der Waals surface area contributed by atoms with Gasteiger partial charge in [-0.3, -0.25) is 4.98 Å². The summed E-state index contributed by atoms with van der Waals surface area (Å²) in [5, 5.41) is 0. The molecular formula is C8H13N3.